The number of nitrogens with one attached hydrogen (secondary N) is 1. The molecule has 116 valence electrons. The standard InChI is InChI=1S/C15H21BrN2O3/c1-2-10(5-6-17)3-4-14(19)18-13-8-11(15(20)21)7-12(16)9-13/h7-10H,2-6,17H2,1H3,(H,18,19)(H,20,21). The Morgan fingerprint density at radius 1 is 1.33 bits per heavy atom. The second-order valence-electron chi connectivity index (χ2n) is 4.97. The Morgan fingerprint density at radius 2 is 2.05 bits per heavy atom. The van der Waals surface area contributed by atoms with Crippen molar-refractivity contribution in [3.63, 3.8) is 0 Å². The fraction of sp³-hybridized carbons (Fsp3) is 0.467. The highest BCUT2D eigenvalue weighted by Gasteiger charge is 2.11. The summed E-state index contributed by atoms with van der Waals surface area (Å²) in [6, 6.07) is 4.62. The molecule has 1 aromatic carbocycles. The molecule has 0 radical (unpaired) electrons. The number of hydrogen-bond donors (Lipinski definition) is 3. The Bertz CT molecular complexity index is 506. The van der Waals surface area contributed by atoms with Crippen LogP contribution in [0.25, 0.3) is 0 Å². The number of anilines is 1. The molecule has 0 saturated carbocycles. The number of nitrogens with two attached hydrogens (primary N) is 1. The van der Waals surface area contributed by atoms with Crippen molar-refractivity contribution < 1.29 is 14.7 Å². The Labute approximate surface area is 133 Å². The maximum Gasteiger partial charge on any atom is 0.335 e. The number of hydrogen-bond acceptors (Lipinski definition) is 3. The van der Waals surface area contributed by atoms with Crippen LogP contribution in [-0.4, -0.2) is 23.5 Å². The lowest BCUT2D eigenvalue weighted by Crippen LogP contribution is -2.15. The topological polar surface area (TPSA) is 92.4 Å². The number of amides is 1. The Kier molecular flexibility index (Phi) is 7.39. The maximum atomic E-state index is 11.9. The first-order chi connectivity index (χ1) is 9.96. The number of carbonyl (C=O) groups is 2. The number of carbonyl (C=O) groups excluding carboxylic acids is 1. The number of carboxylic acids is 1. The third-order valence-corrected chi connectivity index (χ3v) is 3.82. The first-order valence-electron chi connectivity index (χ1n) is 7.00. The van der Waals surface area contributed by atoms with Crippen LogP contribution in [0.4, 0.5) is 5.69 Å². The molecule has 0 aliphatic rings. The third kappa shape index (κ3) is 6.27. The molecule has 1 amide bonds. The molecule has 0 saturated heterocycles. The molecule has 0 aliphatic heterocycles. The second kappa shape index (κ2) is 8.79. The lowest BCUT2D eigenvalue weighted by Gasteiger charge is -2.13. The normalized spacial score (nSPS) is 12.0. The quantitative estimate of drug-likeness (QED) is 0.666. The Morgan fingerprint density at radius 3 is 2.62 bits per heavy atom. The van der Waals surface area contributed by atoms with Crippen LogP contribution in [-0.2, 0) is 4.79 Å². The molecule has 0 spiro atoms. The van der Waals surface area contributed by atoms with Crippen LogP contribution in [0.5, 0.6) is 0 Å². The molecular weight excluding hydrogens is 336 g/mol. The molecule has 0 bridgehead atoms. The summed E-state index contributed by atoms with van der Waals surface area (Å²) in [5.74, 6) is -0.682. The van der Waals surface area contributed by atoms with Crippen LogP contribution < -0.4 is 11.1 Å². The van der Waals surface area contributed by atoms with E-state index in [0.29, 0.717) is 29.0 Å². The highest BCUT2D eigenvalue weighted by atomic mass is 79.9. The van der Waals surface area contributed by atoms with Crippen LogP contribution in [0.2, 0.25) is 0 Å². The molecule has 0 heterocycles. The van der Waals surface area contributed by atoms with Gasteiger partial charge in [-0.1, -0.05) is 29.3 Å². The van der Waals surface area contributed by atoms with E-state index in [1.54, 1.807) is 6.07 Å². The average molecular weight is 357 g/mol. The number of carboxylic acid groups (broad SMARTS) is 1. The molecule has 0 aliphatic carbocycles. The van der Waals surface area contributed by atoms with Gasteiger partial charge in [0.25, 0.3) is 0 Å². The number of aromatic carboxylic acids is 1. The van der Waals surface area contributed by atoms with Crippen LogP contribution >= 0.6 is 15.9 Å². The summed E-state index contributed by atoms with van der Waals surface area (Å²) in [6.07, 6.45) is 3.13. The first kappa shape index (κ1) is 17.7. The van der Waals surface area contributed by atoms with Crippen molar-refractivity contribution in [3.8, 4) is 0 Å². The SMILES string of the molecule is CCC(CCN)CCC(=O)Nc1cc(Br)cc(C(=O)O)c1. The van der Waals surface area contributed by atoms with E-state index < -0.39 is 5.97 Å². The zero-order valence-electron chi connectivity index (χ0n) is 12.1. The van der Waals surface area contributed by atoms with Gasteiger partial charge in [0.2, 0.25) is 5.91 Å². The lowest BCUT2D eigenvalue weighted by molar-refractivity contribution is -0.116. The van der Waals surface area contributed by atoms with E-state index in [1.165, 1.54) is 12.1 Å². The fourth-order valence-corrected chi connectivity index (χ4v) is 2.63. The Hall–Kier alpha value is -1.40. The van der Waals surface area contributed by atoms with Gasteiger partial charge in [0.1, 0.15) is 0 Å². The lowest BCUT2D eigenvalue weighted by atomic mass is 9.96. The monoisotopic (exact) mass is 356 g/mol. The van der Waals surface area contributed by atoms with Crippen LogP contribution in [0.1, 0.15) is 43.0 Å². The van der Waals surface area contributed by atoms with E-state index >= 15 is 0 Å². The first-order valence-corrected chi connectivity index (χ1v) is 7.79. The van der Waals surface area contributed by atoms with Gasteiger partial charge in [-0.2, -0.15) is 0 Å². The summed E-state index contributed by atoms with van der Waals surface area (Å²) in [7, 11) is 0. The third-order valence-electron chi connectivity index (χ3n) is 3.36. The zero-order chi connectivity index (χ0) is 15.8. The van der Waals surface area contributed by atoms with Crippen molar-refractivity contribution in [1.82, 2.24) is 0 Å². The molecule has 1 aromatic rings. The molecule has 0 fully saturated rings. The summed E-state index contributed by atoms with van der Waals surface area (Å²) in [5.41, 5.74) is 6.15. The number of halogens is 1. The van der Waals surface area contributed by atoms with Crippen LogP contribution in [0.3, 0.4) is 0 Å². The smallest absolute Gasteiger partial charge is 0.335 e. The van der Waals surface area contributed by atoms with E-state index in [2.05, 4.69) is 28.2 Å². The van der Waals surface area contributed by atoms with Crippen LogP contribution in [0, 0.1) is 5.92 Å². The summed E-state index contributed by atoms with van der Waals surface area (Å²) >= 11 is 3.24. The molecule has 1 atom stereocenters. The summed E-state index contributed by atoms with van der Waals surface area (Å²) in [6.45, 7) is 2.72. The van der Waals surface area contributed by atoms with Crippen LogP contribution in [0.15, 0.2) is 22.7 Å². The molecule has 0 aromatic heterocycles. The van der Waals surface area contributed by atoms with Crippen molar-refractivity contribution in [2.24, 2.45) is 11.7 Å². The summed E-state index contributed by atoms with van der Waals surface area (Å²) in [5, 5.41) is 11.7. The second-order valence-corrected chi connectivity index (χ2v) is 5.89. The summed E-state index contributed by atoms with van der Waals surface area (Å²) < 4.78 is 0.618. The highest BCUT2D eigenvalue weighted by molar-refractivity contribution is 9.10. The van der Waals surface area contributed by atoms with Gasteiger partial charge in [-0.3, -0.25) is 4.79 Å². The summed E-state index contributed by atoms with van der Waals surface area (Å²) in [4.78, 5) is 22.9. The van der Waals surface area contributed by atoms with E-state index in [0.717, 1.165) is 19.3 Å². The van der Waals surface area contributed by atoms with Gasteiger partial charge in [0.15, 0.2) is 0 Å². The number of rotatable bonds is 8. The molecule has 1 unspecified atom stereocenters. The van der Waals surface area contributed by atoms with Gasteiger partial charge in [0, 0.05) is 16.6 Å². The largest absolute Gasteiger partial charge is 0.478 e. The fourth-order valence-electron chi connectivity index (χ4n) is 2.13. The van der Waals surface area contributed by atoms with Crippen molar-refractivity contribution >= 4 is 33.5 Å². The van der Waals surface area contributed by atoms with Gasteiger partial charge in [-0.25, -0.2) is 4.79 Å². The van der Waals surface area contributed by atoms with Gasteiger partial charge in [-0.15, -0.1) is 0 Å². The van der Waals surface area contributed by atoms with E-state index in [-0.39, 0.29) is 11.5 Å². The van der Waals surface area contributed by atoms with Crippen molar-refractivity contribution in [1.29, 1.82) is 0 Å². The van der Waals surface area contributed by atoms with Crippen molar-refractivity contribution in [2.45, 2.75) is 32.6 Å². The van der Waals surface area contributed by atoms with Gasteiger partial charge in [-0.05, 0) is 43.5 Å². The minimum absolute atomic E-state index is 0.111. The Balaban J connectivity index is 2.60. The van der Waals surface area contributed by atoms with Crippen molar-refractivity contribution in [3.05, 3.63) is 28.2 Å². The predicted molar refractivity (Wildman–Crippen MR) is 86.4 cm³/mol. The maximum absolute atomic E-state index is 11.9. The number of benzene rings is 1. The van der Waals surface area contributed by atoms with Gasteiger partial charge >= 0.3 is 5.97 Å². The van der Waals surface area contributed by atoms with E-state index in [9.17, 15) is 9.59 Å². The zero-order valence-corrected chi connectivity index (χ0v) is 13.6. The molecule has 4 N–H and O–H groups in total. The van der Waals surface area contributed by atoms with Gasteiger partial charge in [0.05, 0.1) is 5.56 Å². The predicted octanol–water partition coefficient (Wildman–Crippen LogP) is 3.24. The minimum atomic E-state index is -1.03. The van der Waals surface area contributed by atoms with Crippen molar-refractivity contribution in [2.75, 3.05) is 11.9 Å². The molecule has 1 rings (SSSR count). The highest BCUT2D eigenvalue weighted by Crippen LogP contribution is 2.21. The van der Waals surface area contributed by atoms with Gasteiger partial charge < -0.3 is 16.2 Å². The molecular formula is C15H21BrN2O3. The molecule has 21 heavy (non-hydrogen) atoms. The minimum Gasteiger partial charge on any atom is -0.478 e. The van der Waals surface area contributed by atoms with E-state index in [1.807, 2.05) is 0 Å². The molecule has 5 nitrogen and oxygen atoms in total. The molecule has 6 heteroatoms. The average Bonchev–Trinajstić information content (AvgIpc) is 2.42. The van der Waals surface area contributed by atoms with E-state index in [4.69, 9.17) is 10.8 Å².